The van der Waals surface area contributed by atoms with Gasteiger partial charge in [-0.3, -0.25) is 4.99 Å². The molecule has 1 heterocycles. The molecule has 0 spiro atoms. The molecule has 3 rings (SSSR count). The largest absolute Gasteiger partial charge is 0.488 e. The topological polar surface area (TPSA) is 54.9 Å². The Balaban J connectivity index is 1.56. The minimum absolute atomic E-state index is 0.0580. The number of hydrogen-bond donors (Lipinski definition) is 2. The molecule has 1 unspecified atom stereocenters. The molecule has 0 bridgehead atoms. The number of guanidine groups is 1. The van der Waals surface area contributed by atoms with E-state index in [0.717, 1.165) is 41.0 Å². The molecule has 2 N–H and O–H groups in total. The first-order valence-electron chi connectivity index (χ1n) is 9.80. The van der Waals surface area contributed by atoms with Gasteiger partial charge in [-0.25, -0.2) is 0 Å². The molecule has 162 valence electrons. The lowest BCUT2D eigenvalue weighted by Gasteiger charge is -2.18. The van der Waals surface area contributed by atoms with Crippen molar-refractivity contribution in [1.29, 1.82) is 0 Å². The van der Waals surface area contributed by atoms with Gasteiger partial charge in [0.25, 0.3) is 0 Å². The molecule has 8 heteroatoms. The number of benzene rings is 2. The molecular formula is C22H26F3N3O2. The number of halogens is 3. The monoisotopic (exact) mass is 421 g/mol. The molecule has 2 aromatic carbocycles. The maximum absolute atomic E-state index is 12.7. The Morgan fingerprint density at radius 3 is 2.50 bits per heavy atom. The zero-order valence-corrected chi connectivity index (χ0v) is 17.1. The second-order valence-corrected chi connectivity index (χ2v) is 7.19. The van der Waals surface area contributed by atoms with Gasteiger partial charge in [0.1, 0.15) is 11.9 Å². The molecule has 1 fully saturated rings. The first-order chi connectivity index (χ1) is 14.3. The van der Waals surface area contributed by atoms with E-state index in [0.29, 0.717) is 32.3 Å². The number of nitrogens with one attached hydrogen (secondary N) is 2. The molecule has 1 aliphatic rings. The molecule has 0 aliphatic carbocycles. The van der Waals surface area contributed by atoms with Crippen molar-refractivity contribution in [2.75, 3.05) is 20.3 Å². The number of hydrogen-bond acceptors (Lipinski definition) is 3. The van der Waals surface area contributed by atoms with E-state index in [1.807, 2.05) is 25.1 Å². The van der Waals surface area contributed by atoms with Crippen molar-refractivity contribution >= 4 is 5.96 Å². The number of ether oxygens (including phenoxy) is 2. The normalized spacial score (nSPS) is 17.1. The van der Waals surface area contributed by atoms with Gasteiger partial charge >= 0.3 is 6.18 Å². The van der Waals surface area contributed by atoms with Gasteiger partial charge in [-0.05, 0) is 36.2 Å². The summed E-state index contributed by atoms with van der Waals surface area (Å²) >= 11 is 0. The summed E-state index contributed by atoms with van der Waals surface area (Å²) in [5.41, 5.74) is 2.17. The lowest BCUT2D eigenvalue weighted by atomic mass is 10.1. The number of alkyl halides is 3. The van der Waals surface area contributed by atoms with Crippen LogP contribution in [0.25, 0.3) is 0 Å². The van der Waals surface area contributed by atoms with E-state index in [1.54, 1.807) is 7.05 Å². The van der Waals surface area contributed by atoms with Crippen LogP contribution in [0.3, 0.4) is 0 Å². The summed E-state index contributed by atoms with van der Waals surface area (Å²) in [6.07, 6.45) is -3.40. The van der Waals surface area contributed by atoms with Crippen molar-refractivity contribution in [3.8, 4) is 5.75 Å². The highest BCUT2D eigenvalue weighted by Gasteiger charge is 2.29. The minimum Gasteiger partial charge on any atom is -0.488 e. The molecule has 5 nitrogen and oxygen atoms in total. The number of rotatable bonds is 6. The highest BCUT2D eigenvalue weighted by atomic mass is 19.4. The molecule has 0 radical (unpaired) electrons. The van der Waals surface area contributed by atoms with Crippen molar-refractivity contribution in [3.63, 3.8) is 0 Å². The second kappa shape index (κ2) is 9.84. The van der Waals surface area contributed by atoms with E-state index in [4.69, 9.17) is 9.47 Å². The number of aryl methyl sites for hydroxylation is 1. The van der Waals surface area contributed by atoms with E-state index in [2.05, 4.69) is 15.6 Å². The third-order valence-corrected chi connectivity index (χ3v) is 4.82. The third-order valence-electron chi connectivity index (χ3n) is 4.82. The molecule has 0 amide bonds. The van der Waals surface area contributed by atoms with Crippen LogP contribution in [0.2, 0.25) is 0 Å². The van der Waals surface area contributed by atoms with Gasteiger partial charge in [-0.1, -0.05) is 24.3 Å². The Morgan fingerprint density at radius 1 is 1.13 bits per heavy atom. The third kappa shape index (κ3) is 6.13. The Morgan fingerprint density at radius 2 is 1.87 bits per heavy atom. The van der Waals surface area contributed by atoms with E-state index >= 15 is 0 Å². The molecule has 30 heavy (non-hydrogen) atoms. The van der Waals surface area contributed by atoms with Crippen LogP contribution in [-0.4, -0.2) is 32.3 Å². The van der Waals surface area contributed by atoms with Gasteiger partial charge in [0.05, 0.1) is 18.8 Å². The Hall–Kier alpha value is -2.74. The van der Waals surface area contributed by atoms with Crippen molar-refractivity contribution < 1.29 is 22.6 Å². The number of aliphatic imine (C=N–C) groups is 1. The predicted molar refractivity (Wildman–Crippen MR) is 110 cm³/mol. The highest BCUT2D eigenvalue weighted by Crippen LogP contribution is 2.29. The van der Waals surface area contributed by atoms with Crippen LogP contribution in [0, 0.1) is 6.92 Å². The Kier molecular flexibility index (Phi) is 7.20. The smallest absolute Gasteiger partial charge is 0.416 e. The van der Waals surface area contributed by atoms with Gasteiger partial charge < -0.3 is 20.1 Å². The predicted octanol–water partition coefficient (Wildman–Crippen LogP) is 4.05. The van der Waals surface area contributed by atoms with Crippen molar-refractivity contribution in [2.24, 2.45) is 4.99 Å². The van der Waals surface area contributed by atoms with Crippen LogP contribution >= 0.6 is 0 Å². The molecule has 1 saturated heterocycles. The van der Waals surface area contributed by atoms with Crippen molar-refractivity contribution in [1.82, 2.24) is 10.6 Å². The lowest BCUT2D eigenvalue weighted by molar-refractivity contribution is -0.137. The summed E-state index contributed by atoms with van der Waals surface area (Å²) < 4.78 is 49.5. The molecule has 2 aromatic rings. The van der Waals surface area contributed by atoms with Gasteiger partial charge in [0.2, 0.25) is 0 Å². The molecule has 0 saturated carbocycles. The first kappa shape index (κ1) is 22.0. The fraction of sp³-hybridized carbons (Fsp3) is 0.409. The van der Waals surface area contributed by atoms with Gasteiger partial charge in [-0.15, -0.1) is 0 Å². The van der Waals surface area contributed by atoms with Crippen LogP contribution in [0.5, 0.6) is 5.75 Å². The second-order valence-electron chi connectivity index (χ2n) is 7.19. The zero-order chi connectivity index (χ0) is 21.6. The summed E-state index contributed by atoms with van der Waals surface area (Å²) in [5.74, 6) is 1.36. The average molecular weight is 421 g/mol. The first-order valence-corrected chi connectivity index (χ1v) is 9.80. The Bertz CT molecular complexity index is 861. The van der Waals surface area contributed by atoms with Gasteiger partial charge in [0.15, 0.2) is 5.96 Å². The maximum atomic E-state index is 12.7. The molecule has 0 aromatic heterocycles. The number of nitrogens with zero attached hydrogens (tertiary/aromatic N) is 1. The Labute approximate surface area is 174 Å². The SMILES string of the molecule is CN=C(NCc1ccc(C(F)(F)F)cc1)NCc1ccc(C)cc1OC1CCOC1. The molecular weight excluding hydrogens is 395 g/mol. The maximum Gasteiger partial charge on any atom is 0.416 e. The summed E-state index contributed by atoms with van der Waals surface area (Å²) in [6, 6.07) is 11.1. The van der Waals surface area contributed by atoms with Crippen LogP contribution in [0.1, 0.15) is 28.7 Å². The van der Waals surface area contributed by atoms with E-state index in [9.17, 15) is 13.2 Å². The summed E-state index contributed by atoms with van der Waals surface area (Å²) in [4.78, 5) is 4.18. The van der Waals surface area contributed by atoms with E-state index < -0.39 is 11.7 Å². The highest BCUT2D eigenvalue weighted by molar-refractivity contribution is 5.79. The van der Waals surface area contributed by atoms with E-state index in [-0.39, 0.29) is 6.10 Å². The summed E-state index contributed by atoms with van der Waals surface area (Å²) in [6.45, 7) is 4.17. The molecule has 1 atom stereocenters. The zero-order valence-electron chi connectivity index (χ0n) is 17.1. The van der Waals surface area contributed by atoms with Gasteiger partial charge in [0, 0.05) is 32.1 Å². The van der Waals surface area contributed by atoms with Crippen molar-refractivity contribution in [3.05, 3.63) is 64.7 Å². The van der Waals surface area contributed by atoms with Crippen LogP contribution in [0.15, 0.2) is 47.5 Å². The van der Waals surface area contributed by atoms with Crippen LogP contribution in [0.4, 0.5) is 13.2 Å². The van der Waals surface area contributed by atoms with E-state index in [1.165, 1.54) is 12.1 Å². The van der Waals surface area contributed by atoms with Gasteiger partial charge in [-0.2, -0.15) is 13.2 Å². The quantitative estimate of drug-likeness (QED) is 0.546. The minimum atomic E-state index is -4.33. The summed E-state index contributed by atoms with van der Waals surface area (Å²) in [7, 11) is 1.64. The average Bonchev–Trinajstić information content (AvgIpc) is 3.22. The standard InChI is InChI=1S/C22H26F3N3O2/c1-15-3-6-17(20(11-15)30-19-9-10-29-14-19)13-28-21(26-2)27-12-16-4-7-18(8-5-16)22(23,24)25/h3-8,11,19H,9-10,12-14H2,1-2H3,(H2,26,27,28). The van der Waals surface area contributed by atoms with Crippen LogP contribution < -0.4 is 15.4 Å². The lowest BCUT2D eigenvalue weighted by Crippen LogP contribution is -2.36. The van der Waals surface area contributed by atoms with Crippen LogP contribution in [-0.2, 0) is 24.0 Å². The summed E-state index contributed by atoms with van der Waals surface area (Å²) in [5, 5.41) is 6.34. The fourth-order valence-corrected chi connectivity index (χ4v) is 3.10. The fourth-order valence-electron chi connectivity index (χ4n) is 3.10. The van der Waals surface area contributed by atoms with Crippen molar-refractivity contribution in [2.45, 2.75) is 38.7 Å². The molecule has 1 aliphatic heterocycles.